The summed E-state index contributed by atoms with van der Waals surface area (Å²) in [5, 5.41) is 10.2. The second-order valence-electron chi connectivity index (χ2n) is 6.44. The third kappa shape index (κ3) is 9.36. The van der Waals surface area contributed by atoms with E-state index in [2.05, 4.69) is 21.3 Å². The van der Waals surface area contributed by atoms with Crippen molar-refractivity contribution in [1.29, 1.82) is 0 Å². The summed E-state index contributed by atoms with van der Waals surface area (Å²) in [6.45, 7) is 7.50. The Labute approximate surface area is 158 Å². The second-order valence-corrected chi connectivity index (χ2v) is 6.44. The number of quaternary nitrogens is 1. The molecule has 0 radical (unpaired) electrons. The predicted molar refractivity (Wildman–Crippen MR) is 102 cm³/mol. The molecule has 0 heterocycles. The van der Waals surface area contributed by atoms with Gasteiger partial charge in [-0.3, -0.25) is 19.7 Å². The molecule has 5 N–H and O–H groups in total. The van der Waals surface area contributed by atoms with E-state index in [-0.39, 0.29) is 30.9 Å². The molecule has 0 fully saturated rings. The summed E-state index contributed by atoms with van der Waals surface area (Å²) in [4.78, 5) is 47.3. The second kappa shape index (κ2) is 10.9. The van der Waals surface area contributed by atoms with E-state index < -0.39 is 11.9 Å². The molecule has 0 saturated carbocycles. The van der Waals surface area contributed by atoms with Crippen LogP contribution in [-0.4, -0.2) is 49.4 Å². The Hall–Kier alpha value is -2.94. The topological polar surface area (TPSA) is 121 Å². The third-order valence-corrected chi connectivity index (χ3v) is 3.48. The Morgan fingerprint density at radius 1 is 0.926 bits per heavy atom. The van der Waals surface area contributed by atoms with Crippen molar-refractivity contribution in [3.05, 3.63) is 24.3 Å². The zero-order valence-corrected chi connectivity index (χ0v) is 16.1. The SMILES string of the molecule is CC[NH+](CC(=O)NC(=O)NC(C)C)CC(=O)Nc1ccc(NC(C)=O)cc1. The van der Waals surface area contributed by atoms with Crippen molar-refractivity contribution in [3.8, 4) is 0 Å². The van der Waals surface area contributed by atoms with Crippen LogP contribution in [0.4, 0.5) is 16.2 Å². The summed E-state index contributed by atoms with van der Waals surface area (Å²) in [6, 6.07) is 6.10. The van der Waals surface area contributed by atoms with E-state index in [1.165, 1.54) is 6.92 Å². The lowest BCUT2D eigenvalue weighted by Gasteiger charge is -2.17. The lowest BCUT2D eigenvalue weighted by molar-refractivity contribution is -0.881. The van der Waals surface area contributed by atoms with Crippen LogP contribution in [0.2, 0.25) is 0 Å². The highest BCUT2D eigenvalue weighted by molar-refractivity contribution is 5.95. The first-order chi connectivity index (χ1) is 12.7. The Balaban J connectivity index is 2.49. The van der Waals surface area contributed by atoms with Gasteiger partial charge in [-0.05, 0) is 45.0 Å². The van der Waals surface area contributed by atoms with Crippen LogP contribution in [0.3, 0.4) is 0 Å². The first-order valence-corrected chi connectivity index (χ1v) is 8.81. The third-order valence-electron chi connectivity index (χ3n) is 3.48. The normalized spacial score (nSPS) is 11.4. The van der Waals surface area contributed by atoms with Gasteiger partial charge >= 0.3 is 6.03 Å². The number of amides is 5. The van der Waals surface area contributed by atoms with Crippen LogP contribution >= 0.6 is 0 Å². The fourth-order valence-corrected chi connectivity index (χ4v) is 2.28. The summed E-state index contributed by atoms with van der Waals surface area (Å²) in [7, 11) is 0. The Morgan fingerprint density at radius 3 is 1.93 bits per heavy atom. The summed E-state index contributed by atoms with van der Waals surface area (Å²) < 4.78 is 0. The number of benzene rings is 1. The van der Waals surface area contributed by atoms with E-state index in [4.69, 9.17) is 0 Å². The standard InChI is InChI=1S/C18H27N5O4/c1-5-23(11-17(26)22-18(27)19-12(2)3)10-16(25)21-15-8-6-14(7-9-15)20-13(4)24/h6-9,12H,5,10-11H2,1-4H3,(H,20,24)(H,21,25)(H2,19,22,26,27)/p+1. The molecule has 0 aliphatic heterocycles. The van der Waals surface area contributed by atoms with Gasteiger partial charge in [0.2, 0.25) is 5.91 Å². The van der Waals surface area contributed by atoms with Gasteiger partial charge in [0, 0.05) is 24.3 Å². The van der Waals surface area contributed by atoms with E-state index in [0.29, 0.717) is 17.9 Å². The van der Waals surface area contributed by atoms with Crippen molar-refractivity contribution in [2.24, 2.45) is 0 Å². The maximum atomic E-state index is 12.2. The number of carbonyl (C=O) groups is 4. The summed E-state index contributed by atoms with van der Waals surface area (Å²) in [5.74, 6) is -0.870. The quantitative estimate of drug-likeness (QED) is 0.427. The van der Waals surface area contributed by atoms with Crippen molar-refractivity contribution in [1.82, 2.24) is 10.6 Å². The van der Waals surface area contributed by atoms with Gasteiger partial charge in [0.1, 0.15) is 0 Å². The average molecular weight is 378 g/mol. The molecule has 148 valence electrons. The number of rotatable bonds is 8. The maximum Gasteiger partial charge on any atom is 0.321 e. The van der Waals surface area contributed by atoms with E-state index >= 15 is 0 Å². The number of urea groups is 1. The monoisotopic (exact) mass is 378 g/mol. The zero-order valence-electron chi connectivity index (χ0n) is 16.1. The molecule has 1 rings (SSSR count). The molecule has 1 atom stereocenters. The predicted octanol–water partition coefficient (Wildman–Crippen LogP) is -0.277. The molecule has 1 aromatic carbocycles. The highest BCUT2D eigenvalue weighted by atomic mass is 16.2. The molecule has 27 heavy (non-hydrogen) atoms. The Bertz CT molecular complexity index is 673. The fraction of sp³-hybridized carbons (Fsp3) is 0.444. The molecular formula is C18H28N5O4+. The van der Waals surface area contributed by atoms with Gasteiger partial charge in [-0.25, -0.2) is 4.79 Å². The lowest BCUT2D eigenvalue weighted by Crippen LogP contribution is -3.14. The van der Waals surface area contributed by atoms with Crippen molar-refractivity contribution >= 4 is 35.1 Å². The van der Waals surface area contributed by atoms with Gasteiger partial charge in [-0.15, -0.1) is 0 Å². The number of hydrogen-bond donors (Lipinski definition) is 5. The molecule has 0 bridgehead atoms. The van der Waals surface area contributed by atoms with E-state index in [1.54, 1.807) is 38.1 Å². The number of carbonyl (C=O) groups excluding carboxylic acids is 4. The van der Waals surface area contributed by atoms with Crippen LogP contribution in [0.5, 0.6) is 0 Å². The molecule has 0 saturated heterocycles. The molecule has 9 nitrogen and oxygen atoms in total. The maximum absolute atomic E-state index is 12.2. The van der Waals surface area contributed by atoms with Crippen LogP contribution in [0.25, 0.3) is 0 Å². The first kappa shape index (κ1) is 22.1. The van der Waals surface area contributed by atoms with Crippen LogP contribution in [0, 0.1) is 0 Å². The molecule has 9 heteroatoms. The Morgan fingerprint density at radius 2 is 1.44 bits per heavy atom. The molecule has 1 aromatic rings. The van der Waals surface area contributed by atoms with Crippen molar-refractivity contribution < 1.29 is 24.1 Å². The fourth-order valence-electron chi connectivity index (χ4n) is 2.28. The number of likely N-dealkylation sites (N-methyl/N-ethyl adjacent to an activating group) is 1. The number of hydrogen-bond acceptors (Lipinski definition) is 4. The first-order valence-electron chi connectivity index (χ1n) is 8.81. The molecule has 0 aromatic heterocycles. The highest BCUT2D eigenvalue weighted by Gasteiger charge is 2.18. The van der Waals surface area contributed by atoms with Crippen molar-refractivity contribution in [2.45, 2.75) is 33.7 Å². The minimum Gasteiger partial charge on any atom is -0.336 e. The zero-order chi connectivity index (χ0) is 20.4. The van der Waals surface area contributed by atoms with Gasteiger partial charge in [0.15, 0.2) is 13.1 Å². The molecule has 1 unspecified atom stereocenters. The van der Waals surface area contributed by atoms with Crippen LogP contribution in [0.15, 0.2) is 24.3 Å². The van der Waals surface area contributed by atoms with E-state index in [9.17, 15) is 19.2 Å². The summed E-state index contributed by atoms with van der Waals surface area (Å²) in [6.07, 6.45) is 0. The highest BCUT2D eigenvalue weighted by Crippen LogP contribution is 2.13. The molecule has 0 spiro atoms. The van der Waals surface area contributed by atoms with Crippen LogP contribution in [0.1, 0.15) is 27.7 Å². The largest absolute Gasteiger partial charge is 0.336 e. The van der Waals surface area contributed by atoms with Gasteiger partial charge in [0.25, 0.3) is 11.8 Å². The lowest BCUT2D eigenvalue weighted by atomic mass is 10.2. The van der Waals surface area contributed by atoms with Gasteiger partial charge in [-0.1, -0.05) is 0 Å². The van der Waals surface area contributed by atoms with Crippen molar-refractivity contribution in [2.75, 3.05) is 30.3 Å². The smallest absolute Gasteiger partial charge is 0.321 e. The van der Waals surface area contributed by atoms with Crippen molar-refractivity contribution in [3.63, 3.8) is 0 Å². The Kier molecular flexibility index (Phi) is 8.94. The van der Waals surface area contributed by atoms with E-state index in [0.717, 1.165) is 4.90 Å². The van der Waals surface area contributed by atoms with Gasteiger partial charge in [0.05, 0.1) is 6.54 Å². The number of nitrogens with one attached hydrogen (secondary N) is 5. The minimum absolute atomic E-state index is 0.0108. The van der Waals surface area contributed by atoms with Gasteiger partial charge in [-0.2, -0.15) is 0 Å². The number of anilines is 2. The van der Waals surface area contributed by atoms with Gasteiger partial charge < -0.3 is 20.9 Å². The summed E-state index contributed by atoms with van der Waals surface area (Å²) in [5.41, 5.74) is 1.22. The minimum atomic E-state index is -0.547. The number of imide groups is 1. The molecule has 5 amide bonds. The van der Waals surface area contributed by atoms with Crippen LogP contribution in [-0.2, 0) is 14.4 Å². The molecular weight excluding hydrogens is 350 g/mol. The summed E-state index contributed by atoms with van der Waals surface area (Å²) >= 11 is 0. The van der Waals surface area contributed by atoms with Crippen LogP contribution < -0.4 is 26.2 Å². The molecule has 0 aliphatic rings. The average Bonchev–Trinajstić information content (AvgIpc) is 2.54. The van der Waals surface area contributed by atoms with E-state index in [1.807, 2.05) is 6.92 Å². The molecule has 0 aliphatic carbocycles.